The Balaban J connectivity index is 1.81. The van der Waals surface area contributed by atoms with Crippen molar-refractivity contribution < 1.29 is 13.2 Å². The zero-order chi connectivity index (χ0) is 21.6. The lowest BCUT2D eigenvalue weighted by atomic mass is 9.90. The summed E-state index contributed by atoms with van der Waals surface area (Å²) in [4.78, 5) is 13.3. The third-order valence-corrected chi connectivity index (χ3v) is 6.53. The van der Waals surface area contributed by atoms with E-state index in [1.807, 2.05) is 74.5 Å². The lowest BCUT2D eigenvalue weighted by Crippen LogP contribution is -2.32. The van der Waals surface area contributed by atoms with E-state index < -0.39 is 15.9 Å². The third-order valence-electron chi connectivity index (χ3n) is 4.93. The predicted octanol–water partition coefficient (Wildman–Crippen LogP) is 4.53. The van der Waals surface area contributed by atoms with Crippen LogP contribution in [0.25, 0.3) is 0 Å². The van der Waals surface area contributed by atoms with Crippen LogP contribution in [0.1, 0.15) is 37.3 Å². The van der Waals surface area contributed by atoms with E-state index in [0.717, 1.165) is 11.1 Å². The van der Waals surface area contributed by atoms with Crippen LogP contribution in [0.2, 0.25) is 0 Å². The van der Waals surface area contributed by atoms with Crippen molar-refractivity contribution in [2.75, 3.05) is 5.32 Å². The van der Waals surface area contributed by atoms with E-state index in [-0.39, 0.29) is 16.8 Å². The van der Waals surface area contributed by atoms with Crippen LogP contribution in [-0.4, -0.2) is 20.4 Å². The van der Waals surface area contributed by atoms with Gasteiger partial charge in [-0.2, -0.15) is 0 Å². The standard InChI is InChI=1S/C24H26N2O3S/c1-3-18(2)26-30(28,29)22-16-14-21(15-17-22)25-24(27)23(19-10-6-4-7-11-19)20-12-8-5-9-13-20/h4-18,23,26H,3H2,1-2H3,(H,25,27). The summed E-state index contributed by atoms with van der Waals surface area (Å²) in [5, 5.41) is 2.92. The fourth-order valence-corrected chi connectivity index (χ4v) is 4.46. The first kappa shape index (κ1) is 21.7. The molecule has 0 saturated carbocycles. The van der Waals surface area contributed by atoms with E-state index in [1.54, 1.807) is 12.1 Å². The van der Waals surface area contributed by atoms with E-state index in [4.69, 9.17) is 0 Å². The molecule has 30 heavy (non-hydrogen) atoms. The van der Waals surface area contributed by atoms with Gasteiger partial charge in [0.2, 0.25) is 15.9 Å². The van der Waals surface area contributed by atoms with Crippen LogP contribution in [0.4, 0.5) is 5.69 Å². The summed E-state index contributed by atoms with van der Waals surface area (Å²) in [5.41, 5.74) is 2.32. The minimum atomic E-state index is -3.58. The van der Waals surface area contributed by atoms with Crippen LogP contribution < -0.4 is 10.0 Å². The highest BCUT2D eigenvalue weighted by Crippen LogP contribution is 2.26. The second-order valence-corrected chi connectivity index (χ2v) is 8.91. The van der Waals surface area contributed by atoms with Gasteiger partial charge in [0, 0.05) is 11.7 Å². The summed E-state index contributed by atoms with van der Waals surface area (Å²) < 4.78 is 27.5. The highest BCUT2D eigenvalue weighted by Gasteiger charge is 2.23. The number of carbonyl (C=O) groups is 1. The first-order valence-corrected chi connectivity index (χ1v) is 11.4. The average Bonchev–Trinajstić information content (AvgIpc) is 2.75. The SMILES string of the molecule is CCC(C)NS(=O)(=O)c1ccc(NC(=O)C(c2ccccc2)c2ccccc2)cc1. The predicted molar refractivity (Wildman–Crippen MR) is 120 cm³/mol. The van der Waals surface area contributed by atoms with E-state index in [1.165, 1.54) is 12.1 Å². The molecule has 1 unspecified atom stereocenters. The Bertz CT molecular complexity index is 1030. The van der Waals surface area contributed by atoms with Gasteiger partial charge in [-0.25, -0.2) is 13.1 Å². The number of hydrogen-bond donors (Lipinski definition) is 2. The molecular formula is C24H26N2O3S. The number of amides is 1. The summed E-state index contributed by atoms with van der Waals surface area (Å²) in [5.74, 6) is -0.649. The molecule has 0 aromatic heterocycles. The molecule has 0 bridgehead atoms. The molecule has 2 N–H and O–H groups in total. The van der Waals surface area contributed by atoms with Crippen molar-refractivity contribution in [1.29, 1.82) is 0 Å². The Hall–Kier alpha value is -2.96. The first-order valence-electron chi connectivity index (χ1n) is 9.94. The van der Waals surface area contributed by atoms with Crippen molar-refractivity contribution in [3.05, 3.63) is 96.1 Å². The highest BCUT2D eigenvalue weighted by atomic mass is 32.2. The van der Waals surface area contributed by atoms with Gasteiger partial charge in [-0.1, -0.05) is 67.6 Å². The summed E-state index contributed by atoms with van der Waals surface area (Å²) in [7, 11) is -3.58. The molecule has 0 heterocycles. The zero-order valence-corrected chi connectivity index (χ0v) is 17.9. The fraction of sp³-hybridized carbons (Fsp3) is 0.208. The minimum Gasteiger partial charge on any atom is -0.325 e. The Kier molecular flexibility index (Phi) is 7.03. The molecule has 6 heteroatoms. The molecule has 3 aromatic carbocycles. The molecule has 0 spiro atoms. The summed E-state index contributed by atoms with van der Waals surface area (Å²) in [6.07, 6.45) is 0.702. The van der Waals surface area contributed by atoms with E-state index in [0.29, 0.717) is 12.1 Å². The molecule has 3 rings (SSSR count). The lowest BCUT2D eigenvalue weighted by molar-refractivity contribution is -0.116. The Morgan fingerprint density at radius 2 is 1.33 bits per heavy atom. The minimum absolute atomic E-state index is 0.146. The fourth-order valence-electron chi connectivity index (χ4n) is 3.13. The average molecular weight is 423 g/mol. The summed E-state index contributed by atoms with van der Waals surface area (Å²) in [6.45, 7) is 3.74. The lowest BCUT2D eigenvalue weighted by Gasteiger charge is -2.18. The molecule has 0 aliphatic carbocycles. The molecular weight excluding hydrogens is 396 g/mol. The monoisotopic (exact) mass is 422 g/mol. The molecule has 1 amide bonds. The number of sulfonamides is 1. The van der Waals surface area contributed by atoms with Crippen LogP contribution in [-0.2, 0) is 14.8 Å². The van der Waals surface area contributed by atoms with Crippen LogP contribution >= 0.6 is 0 Å². The quantitative estimate of drug-likeness (QED) is 0.560. The Labute approximate surface area is 178 Å². The van der Waals surface area contributed by atoms with Gasteiger partial charge in [0.05, 0.1) is 10.8 Å². The van der Waals surface area contributed by atoms with Gasteiger partial charge in [0.25, 0.3) is 0 Å². The number of carbonyl (C=O) groups excluding carboxylic acids is 1. The van der Waals surface area contributed by atoms with Crippen LogP contribution in [0.5, 0.6) is 0 Å². The molecule has 5 nitrogen and oxygen atoms in total. The van der Waals surface area contributed by atoms with Crippen molar-refractivity contribution >= 4 is 21.6 Å². The summed E-state index contributed by atoms with van der Waals surface area (Å²) in [6, 6.07) is 25.2. The van der Waals surface area contributed by atoms with Gasteiger partial charge in [-0.05, 0) is 48.7 Å². The van der Waals surface area contributed by atoms with Crippen LogP contribution in [0, 0.1) is 0 Å². The third kappa shape index (κ3) is 5.34. The summed E-state index contributed by atoms with van der Waals surface area (Å²) >= 11 is 0. The van der Waals surface area contributed by atoms with Gasteiger partial charge < -0.3 is 5.32 Å². The number of rotatable bonds is 8. The molecule has 0 saturated heterocycles. The van der Waals surface area contributed by atoms with Crippen molar-refractivity contribution in [3.63, 3.8) is 0 Å². The van der Waals surface area contributed by atoms with E-state index in [2.05, 4.69) is 10.0 Å². The first-order chi connectivity index (χ1) is 14.4. The molecule has 0 aliphatic rings. The number of anilines is 1. The second-order valence-electron chi connectivity index (χ2n) is 7.20. The molecule has 1 atom stereocenters. The van der Waals surface area contributed by atoms with Gasteiger partial charge in [-0.3, -0.25) is 4.79 Å². The molecule has 156 valence electrons. The van der Waals surface area contributed by atoms with Crippen molar-refractivity contribution in [1.82, 2.24) is 4.72 Å². The smallest absolute Gasteiger partial charge is 0.240 e. The topological polar surface area (TPSA) is 75.3 Å². The molecule has 0 aliphatic heterocycles. The van der Waals surface area contributed by atoms with E-state index >= 15 is 0 Å². The maximum Gasteiger partial charge on any atom is 0.240 e. The zero-order valence-electron chi connectivity index (χ0n) is 17.1. The van der Waals surface area contributed by atoms with Gasteiger partial charge >= 0.3 is 0 Å². The highest BCUT2D eigenvalue weighted by molar-refractivity contribution is 7.89. The van der Waals surface area contributed by atoms with Crippen LogP contribution in [0.15, 0.2) is 89.8 Å². The normalized spacial score (nSPS) is 12.5. The maximum absolute atomic E-state index is 13.1. The van der Waals surface area contributed by atoms with E-state index in [9.17, 15) is 13.2 Å². The Morgan fingerprint density at radius 1 is 0.833 bits per heavy atom. The van der Waals surface area contributed by atoms with Crippen molar-refractivity contribution in [3.8, 4) is 0 Å². The van der Waals surface area contributed by atoms with Crippen molar-refractivity contribution in [2.45, 2.75) is 37.1 Å². The molecule has 0 fully saturated rings. The molecule has 3 aromatic rings. The Morgan fingerprint density at radius 3 is 1.80 bits per heavy atom. The number of nitrogens with one attached hydrogen (secondary N) is 2. The number of benzene rings is 3. The molecule has 0 radical (unpaired) electrons. The van der Waals surface area contributed by atoms with Crippen LogP contribution in [0.3, 0.4) is 0 Å². The second kappa shape index (κ2) is 9.69. The van der Waals surface area contributed by atoms with Gasteiger partial charge in [0.15, 0.2) is 0 Å². The van der Waals surface area contributed by atoms with Gasteiger partial charge in [0.1, 0.15) is 0 Å². The van der Waals surface area contributed by atoms with Gasteiger partial charge in [-0.15, -0.1) is 0 Å². The number of hydrogen-bond acceptors (Lipinski definition) is 3. The van der Waals surface area contributed by atoms with Crippen molar-refractivity contribution in [2.24, 2.45) is 0 Å². The maximum atomic E-state index is 13.1. The largest absolute Gasteiger partial charge is 0.325 e.